The molecule has 0 atom stereocenters. The zero-order valence-electron chi connectivity index (χ0n) is 18.1. The maximum Gasteiger partial charge on any atom is 0.338 e. The summed E-state index contributed by atoms with van der Waals surface area (Å²) in [5, 5.41) is 2.83. The van der Waals surface area contributed by atoms with E-state index in [1.165, 1.54) is 33.5 Å². The van der Waals surface area contributed by atoms with Crippen LogP contribution in [0.25, 0.3) is 0 Å². The molecule has 0 aliphatic rings. The molecule has 0 fully saturated rings. The number of rotatable bonds is 10. The molecule has 168 valence electrons. The van der Waals surface area contributed by atoms with Crippen LogP contribution in [-0.2, 0) is 9.53 Å². The summed E-state index contributed by atoms with van der Waals surface area (Å²) in [7, 11) is 4.44. The molecule has 0 radical (unpaired) electrons. The Balaban J connectivity index is 2.03. The maximum absolute atomic E-state index is 12.4. The molecular weight excluding hydrogens is 426 g/mol. The van der Waals surface area contributed by atoms with Gasteiger partial charge in [0.05, 0.1) is 38.5 Å². The van der Waals surface area contributed by atoms with E-state index >= 15 is 0 Å². The van der Waals surface area contributed by atoms with Crippen LogP contribution in [0.15, 0.2) is 30.3 Å². The van der Waals surface area contributed by atoms with Crippen LogP contribution in [0.1, 0.15) is 24.2 Å². The first-order valence-electron chi connectivity index (χ1n) is 9.47. The van der Waals surface area contributed by atoms with Crippen molar-refractivity contribution in [3.63, 3.8) is 0 Å². The number of carbonyl (C=O) groups is 2. The van der Waals surface area contributed by atoms with E-state index in [9.17, 15) is 9.59 Å². The standard InChI is InChI=1S/C22H26ClNO7/c1-13(2)11-30-21-18(23)6-14(7-19(21)29-5)22(26)31-12-20(25)24-15-8-16(27-3)10-17(9-15)28-4/h6-10,13H,11-12H2,1-5H3,(H,24,25). The predicted octanol–water partition coefficient (Wildman–Crippen LogP) is 4.20. The highest BCUT2D eigenvalue weighted by Crippen LogP contribution is 2.37. The monoisotopic (exact) mass is 451 g/mol. The van der Waals surface area contributed by atoms with Gasteiger partial charge >= 0.3 is 5.97 Å². The minimum atomic E-state index is -0.728. The third-order valence-corrected chi connectivity index (χ3v) is 4.28. The first-order chi connectivity index (χ1) is 14.8. The Morgan fingerprint density at radius 3 is 2.16 bits per heavy atom. The third-order valence-electron chi connectivity index (χ3n) is 4.00. The third kappa shape index (κ3) is 6.96. The van der Waals surface area contributed by atoms with E-state index in [0.717, 1.165) is 0 Å². The molecule has 0 saturated heterocycles. The molecule has 0 aromatic heterocycles. The van der Waals surface area contributed by atoms with Gasteiger partial charge in [0.2, 0.25) is 0 Å². The summed E-state index contributed by atoms with van der Waals surface area (Å²) in [4.78, 5) is 24.6. The summed E-state index contributed by atoms with van der Waals surface area (Å²) >= 11 is 6.25. The van der Waals surface area contributed by atoms with E-state index in [1.807, 2.05) is 13.8 Å². The van der Waals surface area contributed by atoms with Gasteiger partial charge in [0.1, 0.15) is 11.5 Å². The highest BCUT2D eigenvalue weighted by Gasteiger charge is 2.18. The second-order valence-electron chi connectivity index (χ2n) is 6.92. The molecule has 0 bridgehead atoms. The van der Waals surface area contributed by atoms with Gasteiger partial charge in [-0.05, 0) is 18.1 Å². The summed E-state index contributed by atoms with van der Waals surface area (Å²) in [6.07, 6.45) is 0. The van der Waals surface area contributed by atoms with Crippen molar-refractivity contribution in [2.24, 2.45) is 5.92 Å². The van der Waals surface area contributed by atoms with Gasteiger partial charge in [0.25, 0.3) is 5.91 Å². The number of hydrogen-bond donors (Lipinski definition) is 1. The topological polar surface area (TPSA) is 92.3 Å². The second-order valence-corrected chi connectivity index (χ2v) is 7.33. The van der Waals surface area contributed by atoms with E-state index in [0.29, 0.717) is 35.3 Å². The molecule has 1 N–H and O–H groups in total. The minimum Gasteiger partial charge on any atom is -0.497 e. The number of halogens is 1. The van der Waals surface area contributed by atoms with Crippen LogP contribution in [0.5, 0.6) is 23.0 Å². The van der Waals surface area contributed by atoms with Crippen molar-refractivity contribution in [2.75, 3.05) is 39.9 Å². The maximum atomic E-state index is 12.4. The first kappa shape index (κ1) is 24.1. The van der Waals surface area contributed by atoms with Crippen molar-refractivity contribution in [2.45, 2.75) is 13.8 Å². The number of ether oxygens (including phenoxy) is 5. The molecule has 2 rings (SSSR count). The Labute approximate surface area is 186 Å². The van der Waals surface area contributed by atoms with Crippen LogP contribution in [0.2, 0.25) is 5.02 Å². The number of methoxy groups -OCH3 is 3. The fourth-order valence-electron chi connectivity index (χ4n) is 2.52. The van der Waals surface area contributed by atoms with Crippen LogP contribution < -0.4 is 24.3 Å². The SMILES string of the molecule is COc1cc(NC(=O)COC(=O)c2cc(Cl)c(OCC(C)C)c(OC)c2)cc(OC)c1. The van der Waals surface area contributed by atoms with Crippen molar-refractivity contribution in [3.05, 3.63) is 40.9 Å². The Morgan fingerprint density at radius 1 is 0.968 bits per heavy atom. The molecule has 0 unspecified atom stereocenters. The lowest BCUT2D eigenvalue weighted by Crippen LogP contribution is -2.21. The van der Waals surface area contributed by atoms with Gasteiger partial charge in [-0.1, -0.05) is 25.4 Å². The summed E-state index contributed by atoms with van der Waals surface area (Å²) in [6.45, 7) is 3.94. The summed E-state index contributed by atoms with van der Waals surface area (Å²) in [6, 6.07) is 7.76. The van der Waals surface area contributed by atoms with Gasteiger partial charge in [-0.15, -0.1) is 0 Å². The van der Waals surface area contributed by atoms with Gasteiger partial charge in [-0.3, -0.25) is 4.79 Å². The van der Waals surface area contributed by atoms with Crippen LogP contribution in [0, 0.1) is 5.92 Å². The molecule has 0 aliphatic carbocycles. The highest BCUT2D eigenvalue weighted by atomic mass is 35.5. The molecule has 0 saturated carbocycles. The zero-order valence-corrected chi connectivity index (χ0v) is 18.9. The first-order valence-corrected chi connectivity index (χ1v) is 9.85. The van der Waals surface area contributed by atoms with Crippen LogP contribution in [0.4, 0.5) is 5.69 Å². The lowest BCUT2D eigenvalue weighted by atomic mass is 10.2. The Hall–Kier alpha value is -3.13. The Morgan fingerprint density at radius 2 is 1.61 bits per heavy atom. The van der Waals surface area contributed by atoms with E-state index < -0.39 is 18.5 Å². The lowest BCUT2D eigenvalue weighted by Gasteiger charge is -2.15. The quantitative estimate of drug-likeness (QED) is 0.541. The van der Waals surface area contributed by atoms with Gasteiger partial charge in [0.15, 0.2) is 18.1 Å². The number of anilines is 1. The highest BCUT2D eigenvalue weighted by molar-refractivity contribution is 6.32. The lowest BCUT2D eigenvalue weighted by molar-refractivity contribution is -0.119. The van der Waals surface area contributed by atoms with Gasteiger partial charge in [-0.25, -0.2) is 4.79 Å². The number of carbonyl (C=O) groups excluding carboxylic acids is 2. The summed E-state index contributed by atoms with van der Waals surface area (Å²) in [5.74, 6) is 0.689. The molecule has 8 nitrogen and oxygen atoms in total. The van der Waals surface area contributed by atoms with Crippen molar-refractivity contribution < 1.29 is 33.3 Å². The van der Waals surface area contributed by atoms with E-state index in [-0.39, 0.29) is 16.5 Å². The van der Waals surface area contributed by atoms with Gasteiger partial charge < -0.3 is 29.0 Å². The average molecular weight is 452 g/mol. The number of benzene rings is 2. The number of amides is 1. The van der Waals surface area contributed by atoms with Crippen LogP contribution in [0.3, 0.4) is 0 Å². The Kier molecular flexibility index (Phi) is 8.81. The van der Waals surface area contributed by atoms with Gasteiger partial charge in [0, 0.05) is 23.9 Å². The summed E-state index contributed by atoms with van der Waals surface area (Å²) < 4.78 is 26.4. The smallest absolute Gasteiger partial charge is 0.338 e. The van der Waals surface area contributed by atoms with Crippen molar-refractivity contribution in [1.29, 1.82) is 0 Å². The molecule has 1 amide bonds. The van der Waals surface area contributed by atoms with Crippen LogP contribution >= 0.6 is 11.6 Å². The van der Waals surface area contributed by atoms with Gasteiger partial charge in [-0.2, -0.15) is 0 Å². The van der Waals surface area contributed by atoms with Crippen molar-refractivity contribution in [1.82, 2.24) is 0 Å². The van der Waals surface area contributed by atoms with Crippen LogP contribution in [-0.4, -0.2) is 46.4 Å². The van der Waals surface area contributed by atoms with Crippen molar-refractivity contribution in [3.8, 4) is 23.0 Å². The van der Waals surface area contributed by atoms with E-state index in [2.05, 4.69) is 5.32 Å². The fourth-order valence-corrected chi connectivity index (χ4v) is 2.78. The molecule has 2 aromatic rings. The normalized spacial score (nSPS) is 10.4. The van der Waals surface area contributed by atoms with E-state index in [1.54, 1.807) is 18.2 Å². The van der Waals surface area contributed by atoms with E-state index in [4.69, 9.17) is 35.3 Å². The molecule has 2 aromatic carbocycles. The molecule has 0 heterocycles. The molecular formula is C22H26ClNO7. The molecule has 31 heavy (non-hydrogen) atoms. The number of nitrogens with one attached hydrogen (secondary N) is 1. The molecule has 0 aliphatic heterocycles. The zero-order chi connectivity index (χ0) is 23.0. The second kappa shape index (κ2) is 11.3. The molecule has 0 spiro atoms. The molecule has 9 heteroatoms. The predicted molar refractivity (Wildman–Crippen MR) is 117 cm³/mol. The average Bonchev–Trinajstić information content (AvgIpc) is 2.75. The van der Waals surface area contributed by atoms with Crippen molar-refractivity contribution >= 4 is 29.2 Å². The largest absolute Gasteiger partial charge is 0.497 e. The minimum absolute atomic E-state index is 0.134. The summed E-state index contributed by atoms with van der Waals surface area (Å²) in [5.41, 5.74) is 0.572. The Bertz CT molecular complexity index is 908. The number of hydrogen-bond acceptors (Lipinski definition) is 7. The number of esters is 1. The fraction of sp³-hybridized carbons (Fsp3) is 0.364.